The molecule has 2 rings (SSSR count). The van der Waals surface area contributed by atoms with Gasteiger partial charge in [-0.05, 0) is 49.9 Å². The molecule has 1 aromatic carbocycles. The molecule has 1 heterocycles. The molecule has 0 radical (unpaired) electrons. The number of halogens is 2. The summed E-state index contributed by atoms with van der Waals surface area (Å²) >= 11 is 6.17. The van der Waals surface area contributed by atoms with Crippen molar-refractivity contribution in [2.45, 2.75) is 38.8 Å². The second-order valence-electron chi connectivity index (χ2n) is 5.60. The second-order valence-corrected chi connectivity index (χ2v) is 6.01. The molecule has 4 heteroatoms. The van der Waals surface area contributed by atoms with Gasteiger partial charge in [0.05, 0.1) is 0 Å². The highest BCUT2D eigenvalue weighted by Gasteiger charge is 2.30. The third kappa shape index (κ3) is 3.28. The minimum Gasteiger partial charge on any atom is -0.329 e. The van der Waals surface area contributed by atoms with Gasteiger partial charge in [-0.2, -0.15) is 0 Å². The number of likely N-dealkylation sites (tertiary alicyclic amines) is 1. The predicted octanol–water partition coefficient (Wildman–Crippen LogP) is 3.60. The Morgan fingerprint density at radius 1 is 1.53 bits per heavy atom. The summed E-state index contributed by atoms with van der Waals surface area (Å²) in [5.74, 6) is 0.435. The molecule has 0 spiro atoms. The molecular formula is C15H22ClFN2. The highest BCUT2D eigenvalue weighted by molar-refractivity contribution is 6.31. The van der Waals surface area contributed by atoms with Crippen molar-refractivity contribution in [2.75, 3.05) is 13.1 Å². The summed E-state index contributed by atoms with van der Waals surface area (Å²) in [4.78, 5) is 2.40. The first kappa shape index (κ1) is 14.8. The lowest BCUT2D eigenvalue weighted by atomic mass is 9.90. The molecule has 106 valence electrons. The van der Waals surface area contributed by atoms with Gasteiger partial charge in [0.15, 0.2) is 0 Å². The number of piperidine rings is 1. The van der Waals surface area contributed by atoms with Gasteiger partial charge in [-0.1, -0.05) is 24.6 Å². The van der Waals surface area contributed by atoms with E-state index in [1.165, 1.54) is 18.6 Å². The largest absolute Gasteiger partial charge is 0.329 e. The summed E-state index contributed by atoms with van der Waals surface area (Å²) in [6.07, 6.45) is 2.30. The van der Waals surface area contributed by atoms with E-state index < -0.39 is 0 Å². The van der Waals surface area contributed by atoms with Crippen molar-refractivity contribution in [3.05, 3.63) is 34.6 Å². The molecule has 0 bridgehead atoms. The van der Waals surface area contributed by atoms with Crippen LogP contribution in [0.4, 0.5) is 4.39 Å². The van der Waals surface area contributed by atoms with E-state index in [4.69, 9.17) is 17.3 Å². The van der Waals surface area contributed by atoms with Crippen LogP contribution in [0.15, 0.2) is 18.2 Å². The van der Waals surface area contributed by atoms with Crippen LogP contribution in [-0.2, 0) is 0 Å². The average Bonchev–Trinajstić information content (AvgIpc) is 2.37. The lowest BCUT2D eigenvalue weighted by Crippen LogP contribution is -2.47. The molecule has 1 aromatic rings. The van der Waals surface area contributed by atoms with Gasteiger partial charge in [0.2, 0.25) is 0 Å². The topological polar surface area (TPSA) is 29.3 Å². The van der Waals surface area contributed by atoms with E-state index in [-0.39, 0.29) is 11.9 Å². The molecule has 0 saturated carbocycles. The fraction of sp³-hybridized carbons (Fsp3) is 0.600. The first-order valence-electron chi connectivity index (χ1n) is 6.93. The van der Waals surface area contributed by atoms with Crippen LogP contribution >= 0.6 is 11.6 Å². The van der Waals surface area contributed by atoms with Crippen molar-refractivity contribution < 1.29 is 4.39 Å². The number of nitrogens with two attached hydrogens (primary N) is 1. The van der Waals surface area contributed by atoms with Crippen LogP contribution in [0.5, 0.6) is 0 Å². The Morgan fingerprint density at radius 2 is 2.26 bits per heavy atom. The molecule has 2 nitrogen and oxygen atoms in total. The van der Waals surface area contributed by atoms with Crippen LogP contribution in [0.2, 0.25) is 5.02 Å². The van der Waals surface area contributed by atoms with Crippen molar-refractivity contribution in [3.8, 4) is 0 Å². The number of benzene rings is 1. The Bertz CT molecular complexity index is 438. The normalized spacial score (nSPS) is 26.4. The molecule has 0 aromatic heterocycles. The Morgan fingerprint density at radius 3 is 2.89 bits per heavy atom. The molecule has 0 aliphatic carbocycles. The van der Waals surface area contributed by atoms with Crippen LogP contribution in [0.1, 0.15) is 38.3 Å². The highest BCUT2D eigenvalue weighted by atomic mass is 35.5. The smallest absolute Gasteiger partial charge is 0.124 e. The van der Waals surface area contributed by atoms with Gasteiger partial charge >= 0.3 is 0 Å². The quantitative estimate of drug-likeness (QED) is 0.919. The van der Waals surface area contributed by atoms with Crippen molar-refractivity contribution in [2.24, 2.45) is 11.7 Å². The Labute approximate surface area is 119 Å². The first-order chi connectivity index (χ1) is 9.02. The van der Waals surface area contributed by atoms with Gasteiger partial charge in [-0.25, -0.2) is 4.39 Å². The van der Waals surface area contributed by atoms with Crippen molar-refractivity contribution in [3.63, 3.8) is 0 Å². The van der Waals surface area contributed by atoms with E-state index in [2.05, 4.69) is 18.7 Å². The van der Waals surface area contributed by atoms with Gasteiger partial charge in [0.1, 0.15) is 5.82 Å². The zero-order valence-corrected chi connectivity index (χ0v) is 12.3. The van der Waals surface area contributed by atoms with Gasteiger partial charge in [0.25, 0.3) is 0 Å². The Hall–Kier alpha value is -0.640. The summed E-state index contributed by atoms with van der Waals surface area (Å²) in [6, 6.07) is 5.21. The average molecular weight is 285 g/mol. The van der Waals surface area contributed by atoms with Crippen LogP contribution in [0, 0.1) is 11.7 Å². The summed E-state index contributed by atoms with van der Waals surface area (Å²) < 4.78 is 13.1. The number of nitrogens with zero attached hydrogens (tertiary/aromatic N) is 1. The van der Waals surface area contributed by atoms with Gasteiger partial charge in [-0.15, -0.1) is 0 Å². The molecule has 1 saturated heterocycles. The third-order valence-corrected chi connectivity index (χ3v) is 4.53. The molecule has 19 heavy (non-hydrogen) atoms. The minimum atomic E-state index is -0.288. The minimum absolute atomic E-state index is 0.175. The Kier molecular flexibility index (Phi) is 4.82. The molecule has 0 amide bonds. The fourth-order valence-electron chi connectivity index (χ4n) is 3.03. The molecule has 2 N–H and O–H groups in total. The molecule has 3 atom stereocenters. The monoisotopic (exact) mass is 284 g/mol. The summed E-state index contributed by atoms with van der Waals surface area (Å²) in [7, 11) is 0. The maximum Gasteiger partial charge on any atom is 0.124 e. The zero-order chi connectivity index (χ0) is 14.0. The number of rotatable bonds is 3. The summed E-state index contributed by atoms with van der Waals surface area (Å²) in [6.45, 7) is 6.08. The predicted molar refractivity (Wildman–Crippen MR) is 77.8 cm³/mol. The van der Waals surface area contributed by atoms with E-state index in [1.54, 1.807) is 6.07 Å². The molecule has 1 aliphatic heterocycles. The molecule has 1 aliphatic rings. The molecule has 3 unspecified atom stereocenters. The standard InChI is InChI=1S/C15H22ClFN2/c1-10-5-6-19(13(7-10)9-18)11(2)14-4-3-12(17)8-15(14)16/h3-4,8,10-11,13H,5-7,9,18H2,1-2H3. The number of hydrogen-bond acceptors (Lipinski definition) is 2. The first-order valence-corrected chi connectivity index (χ1v) is 7.31. The van der Waals surface area contributed by atoms with Crippen LogP contribution in [0.25, 0.3) is 0 Å². The van der Waals surface area contributed by atoms with E-state index in [0.717, 1.165) is 24.4 Å². The van der Waals surface area contributed by atoms with Crippen LogP contribution in [-0.4, -0.2) is 24.0 Å². The lowest BCUT2D eigenvalue weighted by Gasteiger charge is -2.42. The van der Waals surface area contributed by atoms with Gasteiger partial charge < -0.3 is 5.73 Å². The van der Waals surface area contributed by atoms with E-state index in [0.29, 0.717) is 17.6 Å². The Balaban J connectivity index is 2.20. The lowest BCUT2D eigenvalue weighted by molar-refractivity contribution is 0.0834. The molecule has 1 fully saturated rings. The van der Waals surface area contributed by atoms with Gasteiger partial charge in [-0.3, -0.25) is 4.90 Å². The van der Waals surface area contributed by atoms with E-state index >= 15 is 0 Å². The van der Waals surface area contributed by atoms with Crippen molar-refractivity contribution in [1.82, 2.24) is 4.90 Å². The highest BCUT2D eigenvalue weighted by Crippen LogP contribution is 2.33. The summed E-state index contributed by atoms with van der Waals surface area (Å²) in [5.41, 5.74) is 6.88. The SMILES string of the molecule is CC1CCN(C(C)c2ccc(F)cc2Cl)C(CN)C1. The van der Waals surface area contributed by atoms with Crippen LogP contribution < -0.4 is 5.73 Å². The maximum absolute atomic E-state index is 13.1. The summed E-state index contributed by atoms with van der Waals surface area (Å²) in [5, 5.41) is 0.502. The van der Waals surface area contributed by atoms with E-state index in [1.807, 2.05) is 0 Å². The zero-order valence-electron chi connectivity index (χ0n) is 11.6. The van der Waals surface area contributed by atoms with Gasteiger partial charge in [0, 0.05) is 23.7 Å². The third-order valence-electron chi connectivity index (χ3n) is 4.21. The fourth-order valence-corrected chi connectivity index (χ4v) is 3.36. The number of hydrogen-bond donors (Lipinski definition) is 1. The van der Waals surface area contributed by atoms with E-state index in [9.17, 15) is 4.39 Å². The van der Waals surface area contributed by atoms with Crippen molar-refractivity contribution >= 4 is 11.6 Å². The maximum atomic E-state index is 13.1. The van der Waals surface area contributed by atoms with Crippen molar-refractivity contribution in [1.29, 1.82) is 0 Å². The second kappa shape index (κ2) is 6.21. The van der Waals surface area contributed by atoms with Crippen LogP contribution in [0.3, 0.4) is 0 Å². The molecular weight excluding hydrogens is 263 g/mol.